The Bertz CT molecular complexity index is 417. The van der Waals surface area contributed by atoms with Gasteiger partial charge in [-0.25, -0.2) is 9.59 Å². The maximum Gasteiger partial charge on any atom is 0.411 e. The van der Waals surface area contributed by atoms with Crippen molar-refractivity contribution in [1.82, 2.24) is 0 Å². The van der Waals surface area contributed by atoms with Gasteiger partial charge in [0.2, 0.25) is 0 Å². The molecule has 0 saturated heterocycles. The number of carboxylic acid groups (broad SMARTS) is 1. The van der Waals surface area contributed by atoms with Crippen molar-refractivity contribution in [3.05, 3.63) is 23.8 Å². The molecule has 0 heterocycles. The third-order valence-corrected chi connectivity index (χ3v) is 1.79. The van der Waals surface area contributed by atoms with Crippen LogP contribution in [0.3, 0.4) is 0 Å². The van der Waals surface area contributed by atoms with E-state index in [9.17, 15) is 9.59 Å². The molecule has 6 heteroatoms. The van der Waals surface area contributed by atoms with Crippen LogP contribution in [0.5, 0.6) is 0 Å². The number of nitrogens with two attached hydrogens (primary N) is 1. The highest BCUT2D eigenvalue weighted by Gasteiger charge is 2.12. The van der Waals surface area contributed by atoms with Crippen molar-refractivity contribution in [2.75, 3.05) is 17.7 Å². The number of carbonyl (C=O) groups excluding carboxylic acids is 1. The van der Waals surface area contributed by atoms with Crippen LogP contribution in [0.15, 0.2) is 18.2 Å². The summed E-state index contributed by atoms with van der Waals surface area (Å²) < 4.78 is 4.64. The zero-order chi connectivity index (χ0) is 12.1. The average molecular weight is 224 g/mol. The zero-order valence-corrected chi connectivity index (χ0v) is 8.69. The lowest BCUT2D eigenvalue weighted by Crippen LogP contribution is -2.16. The fraction of sp³-hybridized carbons (Fsp3) is 0.200. The van der Waals surface area contributed by atoms with Crippen molar-refractivity contribution in [2.24, 2.45) is 0 Å². The van der Waals surface area contributed by atoms with Crippen LogP contribution < -0.4 is 11.1 Å². The SMILES string of the molecule is CCOC(=O)Nc1ccc(N)cc1C(=O)O. The van der Waals surface area contributed by atoms with E-state index in [4.69, 9.17) is 10.8 Å². The number of aromatic carboxylic acids is 1. The number of nitrogen functional groups attached to an aromatic ring is 1. The summed E-state index contributed by atoms with van der Waals surface area (Å²) >= 11 is 0. The van der Waals surface area contributed by atoms with Crippen LogP contribution in [0.4, 0.5) is 16.2 Å². The summed E-state index contributed by atoms with van der Waals surface area (Å²) in [6, 6.07) is 4.17. The van der Waals surface area contributed by atoms with Crippen LogP contribution in [0.2, 0.25) is 0 Å². The highest BCUT2D eigenvalue weighted by Crippen LogP contribution is 2.19. The summed E-state index contributed by atoms with van der Waals surface area (Å²) in [4.78, 5) is 22.0. The molecule has 0 unspecified atom stereocenters. The quantitative estimate of drug-likeness (QED) is 0.676. The Morgan fingerprint density at radius 1 is 1.50 bits per heavy atom. The number of hydrogen-bond donors (Lipinski definition) is 3. The van der Waals surface area contributed by atoms with Gasteiger partial charge in [0.15, 0.2) is 0 Å². The van der Waals surface area contributed by atoms with Gasteiger partial charge in [-0.05, 0) is 25.1 Å². The number of carboxylic acids is 1. The number of anilines is 2. The molecule has 0 atom stereocenters. The van der Waals surface area contributed by atoms with Gasteiger partial charge in [-0.15, -0.1) is 0 Å². The largest absolute Gasteiger partial charge is 0.478 e. The van der Waals surface area contributed by atoms with E-state index in [1.807, 2.05) is 0 Å². The summed E-state index contributed by atoms with van der Waals surface area (Å²) in [5, 5.41) is 11.2. The Balaban J connectivity index is 2.95. The number of amides is 1. The molecule has 0 aromatic heterocycles. The molecule has 16 heavy (non-hydrogen) atoms. The smallest absolute Gasteiger partial charge is 0.411 e. The van der Waals surface area contributed by atoms with Crippen LogP contribution in [0, 0.1) is 0 Å². The van der Waals surface area contributed by atoms with Crippen LogP contribution in [0.25, 0.3) is 0 Å². The van der Waals surface area contributed by atoms with E-state index < -0.39 is 12.1 Å². The van der Waals surface area contributed by atoms with Gasteiger partial charge in [-0.1, -0.05) is 0 Å². The van der Waals surface area contributed by atoms with Gasteiger partial charge in [0.1, 0.15) is 0 Å². The summed E-state index contributed by atoms with van der Waals surface area (Å²) in [7, 11) is 0. The van der Waals surface area contributed by atoms with Crippen molar-refractivity contribution in [2.45, 2.75) is 6.92 Å². The van der Waals surface area contributed by atoms with Crippen molar-refractivity contribution in [3.63, 3.8) is 0 Å². The molecule has 4 N–H and O–H groups in total. The minimum absolute atomic E-state index is 0.0759. The molecule has 0 bridgehead atoms. The minimum atomic E-state index is -1.17. The Kier molecular flexibility index (Phi) is 3.71. The van der Waals surface area contributed by atoms with Gasteiger partial charge in [-0.2, -0.15) is 0 Å². The molecule has 0 spiro atoms. The molecule has 1 rings (SSSR count). The second kappa shape index (κ2) is 5.01. The minimum Gasteiger partial charge on any atom is -0.478 e. The van der Waals surface area contributed by atoms with Crippen LogP contribution in [-0.2, 0) is 4.74 Å². The van der Waals surface area contributed by atoms with Gasteiger partial charge in [0, 0.05) is 5.69 Å². The number of rotatable bonds is 3. The topological polar surface area (TPSA) is 102 Å². The summed E-state index contributed by atoms with van der Waals surface area (Å²) in [6.07, 6.45) is -0.699. The van der Waals surface area contributed by atoms with E-state index in [-0.39, 0.29) is 17.9 Å². The van der Waals surface area contributed by atoms with E-state index in [0.717, 1.165) is 0 Å². The van der Waals surface area contributed by atoms with E-state index in [0.29, 0.717) is 5.69 Å². The molecule has 1 amide bonds. The van der Waals surface area contributed by atoms with Crippen LogP contribution in [-0.4, -0.2) is 23.8 Å². The predicted octanol–water partition coefficient (Wildman–Crippen LogP) is 1.54. The fourth-order valence-corrected chi connectivity index (χ4v) is 1.12. The Hall–Kier alpha value is -2.24. The maximum absolute atomic E-state index is 11.1. The summed E-state index contributed by atoms with van der Waals surface area (Å²) in [6.45, 7) is 1.86. The third kappa shape index (κ3) is 2.88. The molecule has 0 fully saturated rings. The lowest BCUT2D eigenvalue weighted by Gasteiger charge is -2.08. The highest BCUT2D eigenvalue weighted by molar-refractivity contribution is 5.99. The number of benzene rings is 1. The fourth-order valence-electron chi connectivity index (χ4n) is 1.12. The molecule has 0 aliphatic carbocycles. The van der Waals surface area contributed by atoms with Gasteiger partial charge in [-0.3, -0.25) is 5.32 Å². The molecule has 1 aromatic rings. The van der Waals surface area contributed by atoms with Crippen molar-refractivity contribution >= 4 is 23.4 Å². The standard InChI is InChI=1S/C10H12N2O4/c1-2-16-10(15)12-8-4-3-6(11)5-7(8)9(13)14/h3-5H,2,11H2,1H3,(H,12,15)(H,13,14). The van der Waals surface area contributed by atoms with Crippen molar-refractivity contribution in [3.8, 4) is 0 Å². The second-order valence-corrected chi connectivity index (χ2v) is 2.96. The normalized spacial score (nSPS) is 9.56. The monoisotopic (exact) mass is 224 g/mol. The van der Waals surface area contributed by atoms with Gasteiger partial charge in [0.05, 0.1) is 17.9 Å². The molecule has 0 saturated carbocycles. The first-order chi connectivity index (χ1) is 7.54. The highest BCUT2D eigenvalue weighted by atomic mass is 16.5. The molecule has 1 aromatic carbocycles. The Morgan fingerprint density at radius 2 is 2.19 bits per heavy atom. The van der Waals surface area contributed by atoms with Gasteiger partial charge >= 0.3 is 12.1 Å². The van der Waals surface area contributed by atoms with Crippen LogP contribution in [0.1, 0.15) is 17.3 Å². The molecule has 0 aliphatic heterocycles. The molecule has 0 radical (unpaired) electrons. The summed E-state index contributed by atoms with van der Waals surface area (Å²) in [5.41, 5.74) is 5.84. The molecular formula is C10H12N2O4. The number of nitrogens with one attached hydrogen (secondary N) is 1. The van der Waals surface area contributed by atoms with E-state index in [1.165, 1.54) is 18.2 Å². The van der Waals surface area contributed by atoms with E-state index in [1.54, 1.807) is 6.92 Å². The van der Waals surface area contributed by atoms with Crippen LogP contribution >= 0.6 is 0 Å². The third-order valence-electron chi connectivity index (χ3n) is 1.79. The Morgan fingerprint density at radius 3 is 2.75 bits per heavy atom. The summed E-state index contributed by atoms with van der Waals surface area (Å²) in [5.74, 6) is -1.17. The first-order valence-corrected chi connectivity index (χ1v) is 4.61. The number of hydrogen-bond acceptors (Lipinski definition) is 4. The van der Waals surface area contributed by atoms with Gasteiger partial charge < -0.3 is 15.6 Å². The van der Waals surface area contributed by atoms with Crippen molar-refractivity contribution < 1.29 is 19.4 Å². The first kappa shape index (κ1) is 11.8. The van der Waals surface area contributed by atoms with Gasteiger partial charge in [0.25, 0.3) is 0 Å². The first-order valence-electron chi connectivity index (χ1n) is 4.61. The zero-order valence-electron chi connectivity index (χ0n) is 8.69. The average Bonchev–Trinajstić information content (AvgIpc) is 2.20. The van der Waals surface area contributed by atoms with E-state index in [2.05, 4.69) is 10.1 Å². The molecule has 6 nitrogen and oxygen atoms in total. The lowest BCUT2D eigenvalue weighted by molar-refractivity contribution is 0.0698. The molecular weight excluding hydrogens is 212 g/mol. The predicted molar refractivity (Wildman–Crippen MR) is 58.5 cm³/mol. The van der Waals surface area contributed by atoms with E-state index >= 15 is 0 Å². The lowest BCUT2D eigenvalue weighted by atomic mass is 10.1. The molecule has 0 aliphatic rings. The number of ether oxygens (including phenoxy) is 1. The molecule has 86 valence electrons. The second-order valence-electron chi connectivity index (χ2n) is 2.96. The van der Waals surface area contributed by atoms with Crippen molar-refractivity contribution in [1.29, 1.82) is 0 Å². The number of carbonyl (C=O) groups is 2. The maximum atomic E-state index is 11.1. The Labute approximate surface area is 92.0 Å².